The van der Waals surface area contributed by atoms with Crippen LogP contribution < -0.4 is 10.0 Å². The maximum Gasteiger partial charge on any atom is 0.254 e. The van der Waals surface area contributed by atoms with Crippen LogP contribution in [-0.2, 0) is 0 Å². The summed E-state index contributed by atoms with van der Waals surface area (Å²) in [6.07, 6.45) is 1.12. The molecular weight excluding hydrogens is 268 g/mol. The molecule has 1 saturated heterocycles. The van der Waals surface area contributed by atoms with E-state index in [2.05, 4.69) is 13.8 Å². The molecule has 1 aromatic carbocycles. The fourth-order valence-corrected chi connectivity index (χ4v) is 2.80. The Bertz CT molecular complexity index is 522. The molecule has 0 saturated carbocycles. The summed E-state index contributed by atoms with van der Waals surface area (Å²) in [5, 5.41) is 11.1. The van der Waals surface area contributed by atoms with Crippen LogP contribution in [0.2, 0.25) is 0 Å². The topological polar surface area (TPSA) is 64.9 Å². The molecule has 0 aromatic heterocycles. The number of piperazine rings is 1. The lowest BCUT2D eigenvalue weighted by molar-refractivity contribution is -0.927. The highest BCUT2D eigenvalue weighted by atomic mass is 16.4. The van der Waals surface area contributed by atoms with E-state index in [-0.39, 0.29) is 17.0 Å². The van der Waals surface area contributed by atoms with Crippen molar-refractivity contribution in [2.45, 2.75) is 26.3 Å². The summed E-state index contributed by atoms with van der Waals surface area (Å²) in [7, 11) is 0. The Balaban J connectivity index is 2.08. The summed E-state index contributed by atoms with van der Waals surface area (Å²) in [6.45, 7) is 7.55. The summed E-state index contributed by atoms with van der Waals surface area (Å²) < 4.78 is 0. The van der Waals surface area contributed by atoms with Crippen molar-refractivity contribution in [1.82, 2.24) is 4.90 Å². The molecule has 5 heteroatoms. The molecule has 1 N–H and O–H groups in total. The number of carbonyl (C=O) groups is 2. The largest absolute Gasteiger partial charge is 0.545 e. The van der Waals surface area contributed by atoms with Gasteiger partial charge in [-0.1, -0.05) is 25.1 Å². The van der Waals surface area contributed by atoms with Gasteiger partial charge >= 0.3 is 0 Å². The zero-order valence-corrected chi connectivity index (χ0v) is 12.6. The zero-order valence-electron chi connectivity index (χ0n) is 12.6. The highest BCUT2D eigenvalue weighted by Crippen LogP contribution is 2.11. The molecule has 0 bridgehead atoms. The average Bonchev–Trinajstić information content (AvgIpc) is 2.53. The molecule has 0 radical (unpaired) electrons. The molecule has 114 valence electrons. The summed E-state index contributed by atoms with van der Waals surface area (Å²) in [5.74, 6) is -1.51. The van der Waals surface area contributed by atoms with Crippen molar-refractivity contribution in [3.8, 4) is 0 Å². The predicted molar refractivity (Wildman–Crippen MR) is 77.1 cm³/mol. The molecule has 5 nitrogen and oxygen atoms in total. The molecular formula is C16H22N2O3. The van der Waals surface area contributed by atoms with Gasteiger partial charge in [0.2, 0.25) is 0 Å². The molecule has 0 aliphatic carbocycles. The van der Waals surface area contributed by atoms with Crippen LogP contribution in [0.1, 0.15) is 41.0 Å². The molecule has 1 aromatic rings. The number of hydrogen-bond donors (Lipinski definition) is 1. The van der Waals surface area contributed by atoms with Crippen LogP contribution in [0.5, 0.6) is 0 Å². The molecule has 1 heterocycles. The van der Waals surface area contributed by atoms with Crippen molar-refractivity contribution in [2.24, 2.45) is 0 Å². The number of aromatic carboxylic acids is 1. The van der Waals surface area contributed by atoms with Gasteiger partial charge in [0.15, 0.2) is 0 Å². The van der Waals surface area contributed by atoms with E-state index >= 15 is 0 Å². The summed E-state index contributed by atoms with van der Waals surface area (Å²) in [6, 6.07) is 6.86. The first-order valence-electron chi connectivity index (χ1n) is 7.48. The smallest absolute Gasteiger partial charge is 0.254 e. The van der Waals surface area contributed by atoms with Crippen LogP contribution in [0.15, 0.2) is 24.3 Å². The number of nitrogens with one attached hydrogen (secondary N) is 1. The minimum absolute atomic E-state index is 0.0285. The summed E-state index contributed by atoms with van der Waals surface area (Å²) in [4.78, 5) is 26.9. The van der Waals surface area contributed by atoms with Crippen molar-refractivity contribution >= 4 is 11.9 Å². The molecule has 1 amide bonds. The number of benzene rings is 1. The first-order chi connectivity index (χ1) is 10.0. The van der Waals surface area contributed by atoms with Gasteiger partial charge in [-0.2, -0.15) is 0 Å². The lowest BCUT2D eigenvalue weighted by Crippen LogP contribution is -3.17. The van der Waals surface area contributed by atoms with E-state index in [0.717, 1.165) is 19.5 Å². The van der Waals surface area contributed by atoms with Crippen molar-refractivity contribution in [1.29, 1.82) is 0 Å². The van der Waals surface area contributed by atoms with E-state index in [1.165, 1.54) is 11.0 Å². The first-order valence-corrected chi connectivity index (χ1v) is 7.48. The second kappa shape index (κ2) is 6.72. The van der Waals surface area contributed by atoms with Gasteiger partial charge in [-0.25, -0.2) is 0 Å². The number of hydrogen-bond acceptors (Lipinski definition) is 3. The third-order valence-corrected chi connectivity index (χ3v) is 4.38. The van der Waals surface area contributed by atoms with Gasteiger partial charge in [-0.05, 0) is 19.4 Å². The summed E-state index contributed by atoms with van der Waals surface area (Å²) >= 11 is 0. The number of amides is 1. The van der Waals surface area contributed by atoms with Gasteiger partial charge in [0.1, 0.15) is 0 Å². The van der Waals surface area contributed by atoms with E-state index in [1.807, 2.05) is 0 Å². The third-order valence-electron chi connectivity index (χ3n) is 4.38. The van der Waals surface area contributed by atoms with Gasteiger partial charge in [0.25, 0.3) is 5.91 Å². The van der Waals surface area contributed by atoms with Crippen LogP contribution in [0.3, 0.4) is 0 Å². The Hall–Kier alpha value is -1.88. The van der Waals surface area contributed by atoms with E-state index in [9.17, 15) is 14.7 Å². The molecule has 1 aliphatic rings. The fourth-order valence-electron chi connectivity index (χ4n) is 2.80. The van der Waals surface area contributed by atoms with Crippen molar-refractivity contribution in [2.75, 3.05) is 26.2 Å². The quantitative estimate of drug-likeness (QED) is 0.789. The molecule has 1 aliphatic heterocycles. The molecule has 2 rings (SSSR count). The highest BCUT2D eigenvalue weighted by Gasteiger charge is 2.27. The Labute approximate surface area is 125 Å². The molecule has 1 atom stereocenters. The van der Waals surface area contributed by atoms with E-state index in [4.69, 9.17) is 0 Å². The molecule has 0 unspecified atom stereocenters. The Morgan fingerprint density at radius 3 is 2.33 bits per heavy atom. The Morgan fingerprint density at radius 2 is 1.81 bits per heavy atom. The van der Waals surface area contributed by atoms with E-state index in [0.29, 0.717) is 19.1 Å². The van der Waals surface area contributed by atoms with Crippen LogP contribution in [0.4, 0.5) is 0 Å². The minimum atomic E-state index is -1.30. The second-order valence-corrected chi connectivity index (χ2v) is 5.59. The monoisotopic (exact) mass is 290 g/mol. The number of carboxylic acid groups (broad SMARTS) is 1. The zero-order chi connectivity index (χ0) is 15.4. The first kappa shape index (κ1) is 15.5. The number of nitrogens with zero attached hydrogens (tertiary/aromatic N) is 1. The minimum Gasteiger partial charge on any atom is -0.545 e. The average molecular weight is 290 g/mol. The van der Waals surface area contributed by atoms with Gasteiger partial charge in [-0.15, -0.1) is 0 Å². The number of rotatable bonds is 4. The SMILES string of the molecule is CC[C@@H](C)[NH+]1CCN(C(=O)c2ccccc2C(=O)[O-])CC1. The van der Waals surface area contributed by atoms with Crippen LogP contribution in [0, 0.1) is 0 Å². The van der Waals surface area contributed by atoms with E-state index < -0.39 is 5.97 Å². The van der Waals surface area contributed by atoms with Gasteiger partial charge in [0, 0.05) is 11.1 Å². The van der Waals surface area contributed by atoms with Crippen molar-refractivity contribution in [3.63, 3.8) is 0 Å². The highest BCUT2D eigenvalue weighted by molar-refractivity contribution is 6.04. The predicted octanol–water partition coefficient (Wildman–Crippen LogP) is -0.811. The standard InChI is InChI=1S/C16H22N2O3/c1-3-12(2)17-8-10-18(11-9-17)15(19)13-6-4-5-7-14(13)16(20)21/h4-7,12H,3,8-11H2,1-2H3,(H,20,21)/t12-/m1/s1. The van der Waals surface area contributed by atoms with Crippen molar-refractivity contribution < 1.29 is 19.6 Å². The lowest BCUT2D eigenvalue weighted by atomic mass is 10.1. The van der Waals surface area contributed by atoms with E-state index in [1.54, 1.807) is 23.1 Å². The second-order valence-electron chi connectivity index (χ2n) is 5.59. The fraction of sp³-hybridized carbons (Fsp3) is 0.500. The summed E-state index contributed by atoms with van der Waals surface area (Å²) in [5.41, 5.74) is 0.198. The normalized spacial score (nSPS) is 17.5. The Kier molecular flexibility index (Phi) is 4.96. The van der Waals surface area contributed by atoms with Gasteiger partial charge < -0.3 is 19.7 Å². The van der Waals surface area contributed by atoms with Crippen LogP contribution >= 0.6 is 0 Å². The molecule has 1 fully saturated rings. The maximum absolute atomic E-state index is 12.5. The number of quaternary nitrogens is 1. The number of carbonyl (C=O) groups excluding carboxylic acids is 2. The van der Waals surface area contributed by atoms with Crippen molar-refractivity contribution in [3.05, 3.63) is 35.4 Å². The molecule has 0 spiro atoms. The van der Waals surface area contributed by atoms with Gasteiger partial charge in [0.05, 0.1) is 38.2 Å². The van der Waals surface area contributed by atoms with Crippen LogP contribution in [0.25, 0.3) is 0 Å². The molecule has 21 heavy (non-hydrogen) atoms. The Morgan fingerprint density at radius 1 is 1.24 bits per heavy atom. The third kappa shape index (κ3) is 3.42. The lowest BCUT2D eigenvalue weighted by Gasteiger charge is -2.35. The maximum atomic E-state index is 12.5. The van der Waals surface area contributed by atoms with Gasteiger partial charge in [-0.3, -0.25) is 4.79 Å². The van der Waals surface area contributed by atoms with Crippen LogP contribution in [-0.4, -0.2) is 49.0 Å². The number of carboxylic acids is 1.